The second-order valence-corrected chi connectivity index (χ2v) is 7.94. The molecule has 0 unspecified atom stereocenters. The van der Waals surface area contributed by atoms with Gasteiger partial charge in [-0.15, -0.1) is 11.3 Å². The topological polar surface area (TPSA) is 65.8 Å². The zero-order chi connectivity index (χ0) is 19.7. The average Bonchev–Trinajstić information content (AvgIpc) is 3.07. The number of aliphatic imine (C=N–C) groups is 1. The van der Waals surface area contributed by atoms with Crippen molar-refractivity contribution in [3.63, 3.8) is 0 Å². The number of carboxylic acids is 1. The van der Waals surface area contributed by atoms with Gasteiger partial charge < -0.3 is 10.0 Å². The first-order chi connectivity index (χ1) is 13.5. The van der Waals surface area contributed by atoms with E-state index in [0.717, 1.165) is 53.8 Å². The minimum Gasteiger partial charge on any atom is -0.477 e. The maximum Gasteiger partial charge on any atom is 0.348 e. The monoisotopic (exact) mass is 397 g/mol. The van der Waals surface area contributed by atoms with E-state index in [1.807, 2.05) is 13.0 Å². The van der Waals surface area contributed by atoms with Crippen LogP contribution in [0.15, 0.2) is 35.3 Å². The van der Waals surface area contributed by atoms with Gasteiger partial charge in [0.15, 0.2) is 0 Å². The van der Waals surface area contributed by atoms with E-state index in [2.05, 4.69) is 14.9 Å². The average molecular weight is 397 g/mol. The molecule has 2 aromatic heterocycles. The molecule has 0 atom stereocenters. The summed E-state index contributed by atoms with van der Waals surface area (Å²) in [6.45, 7) is 3.81. The Kier molecular flexibility index (Phi) is 5.09. The molecular formula is C21H20FN3O2S. The number of nitrogens with zero attached hydrogens (tertiary/aromatic N) is 3. The van der Waals surface area contributed by atoms with Gasteiger partial charge >= 0.3 is 5.97 Å². The molecule has 0 radical (unpaired) electrons. The van der Waals surface area contributed by atoms with Crippen molar-refractivity contribution in [2.45, 2.75) is 26.2 Å². The van der Waals surface area contributed by atoms with Gasteiger partial charge in [-0.05, 0) is 62.1 Å². The number of piperidine rings is 1. The van der Waals surface area contributed by atoms with Gasteiger partial charge in [0.1, 0.15) is 15.5 Å². The third-order valence-corrected chi connectivity index (χ3v) is 5.97. The fourth-order valence-corrected chi connectivity index (χ4v) is 4.51. The summed E-state index contributed by atoms with van der Waals surface area (Å²) in [5, 5.41) is 10.4. The Bertz CT molecular complexity index is 1050. The molecule has 3 aromatic rings. The third-order valence-electron chi connectivity index (χ3n) is 4.91. The maximum absolute atomic E-state index is 13.2. The van der Waals surface area contributed by atoms with Gasteiger partial charge in [0, 0.05) is 24.0 Å². The predicted molar refractivity (Wildman–Crippen MR) is 110 cm³/mol. The number of benzene rings is 1. The number of hydrogen-bond donors (Lipinski definition) is 1. The standard InChI is InChI=1S/C21H20FN3O2S/c1-13-11-16(14-5-7-15(22)8-6-14)24-20-17(13)18(19(28-20)21(26)27)23-12-25-9-3-2-4-10-25/h5-8,11-12H,2-4,9-10H2,1H3,(H,26,27). The smallest absolute Gasteiger partial charge is 0.348 e. The number of hydrogen-bond acceptors (Lipinski definition) is 4. The molecule has 1 aliphatic rings. The van der Waals surface area contributed by atoms with Gasteiger partial charge in [-0.3, -0.25) is 0 Å². The van der Waals surface area contributed by atoms with Crippen LogP contribution < -0.4 is 0 Å². The van der Waals surface area contributed by atoms with Crippen LogP contribution in [-0.2, 0) is 0 Å². The molecule has 0 bridgehead atoms. The van der Waals surface area contributed by atoms with Crippen LogP contribution in [0.25, 0.3) is 21.5 Å². The minimum absolute atomic E-state index is 0.190. The third kappa shape index (κ3) is 3.62. The Morgan fingerprint density at radius 2 is 1.96 bits per heavy atom. The van der Waals surface area contributed by atoms with Gasteiger partial charge in [0.25, 0.3) is 0 Å². The number of carbonyl (C=O) groups is 1. The highest BCUT2D eigenvalue weighted by molar-refractivity contribution is 7.21. The Morgan fingerprint density at radius 1 is 1.25 bits per heavy atom. The number of aryl methyl sites for hydroxylation is 1. The van der Waals surface area contributed by atoms with Crippen LogP contribution in [0.1, 0.15) is 34.5 Å². The van der Waals surface area contributed by atoms with Crippen LogP contribution in [0.2, 0.25) is 0 Å². The lowest BCUT2D eigenvalue weighted by molar-refractivity contribution is 0.0703. The van der Waals surface area contributed by atoms with Crippen LogP contribution in [0, 0.1) is 12.7 Å². The Balaban J connectivity index is 1.80. The van der Waals surface area contributed by atoms with Crippen LogP contribution in [-0.4, -0.2) is 40.4 Å². The first-order valence-corrected chi connectivity index (χ1v) is 10.1. The lowest BCUT2D eigenvalue weighted by Crippen LogP contribution is -2.28. The maximum atomic E-state index is 13.2. The quantitative estimate of drug-likeness (QED) is 0.482. The molecule has 7 heteroatoms. The van der Waals surface area contributed by atoms with Crippen LogP contribution in [0.5, 0.6) is 0 Å². The summed E-state index contributed by atoms with van der Waals surface area (Å²) in [5.74, 6) is -1.31. The van der Waals surface area contributed by atoms with Gasteiger partial charge in [-0.2, -0.15) is 0 Å². The number of carboxylic acid groups (broad SMARTS) is 1. The second-order valence-electron chi connectivity index (χ2n) is 6.94. The van der Waals surface area contributed by atoms with Crippen molar-refractivity contribution in [2.24, 2.45) is 4.99 Å². The molecule has 0 spiro atoms. The summed E-state index contributed by atoms with van der Waals surface area (Å²) in [6, 6.07) is 8.02. The van der Waals surface area contributed by atoms with Crippen LogP contribution >= 0.6 is 11.3 Å². The number of likely N-dealkylation sites (tertiary alicyclic amines) is 1. The highest BCUT2D eigenvalue weighted by Crippen LogP contribution is 2.40. The zero-order valence-electron chi connectivity index (χ0n) is 15.5. The Labute approximate surface area is 166 Å². The minimum atomic E-state index is -1.00. The molecule has 1 aliphatic heterocycles. The van der Waals surface area contributed by atoms with E-state index in [-0.39, 0.29) is 10.7 Å². The van der Waals surface area contributed by atoms with E-state index in [1.165, 1.54) is 18.6 Å². The number of pyridine rings is 1. The van der Waals surface area contributed by atoms with Gasteiger partial charge in [-0.1, -0.05) is 0 Å². The summed E-state index contributed by atoms with van der Waals surface area (Å²) < 4.78 is 13.2. The van der Waals surface area contributed by atoms with Crippen molar-refractivity contribution >= 4 is 39.5 Å². The number of aromatic carboxylic acids is 1. The van der Waals surface area contributed by atoms with Crippen molar-refractivity contribution in [1.82, 2.24) is 9.88 Å². The molecule has 4 rings (SSSR count). The van der Waals surface area contributed by atoms with E-state index in [9.17, 15) is 14.3 Å². The van der Waals surface area contributed by atoms with Crippen molar-refractivity contribution in [3.05, 3.63) is 46.6 Å². The van der Waals surface area contributed by atoms with Crippen molar-refractivity contribution in [2.75, 3.05) is 13.1 Å². The summed E-state index contributed by atoms with van der Waals surface area (Å²) in [7, 11) is 0. The zero-order valence-corrected chi connectivity index (χ0v) is 16.3. The highest BCUT2D eigenvalue weighted by Gasteiger charge is 2.21. The molecule has 0 saturated carbocycles. The summed E-state index contributed by atoms with van der Waals surface area (Å²) in [4.78, 5) is 23.9. The number of fused-ring (bicyclic) bond motifs is 1. The van der Waals surface area contributed by atoms with E-state index in [4.69, 9.17) is 0 Å². The Morgan fingerprint density at radius 3 is 2.64 bits per heavy atom. The molecule has 1 aromatic carbocycles. The molecule has 0 aliphatic carbocycles. The first-order valence-electron chi connectivity index (χ1n) is 9.24. The fourth-order valence-electron chi connectivity index (χ4n) is 3.47. The molecule has 3 heterocycles. The number of halogens is 1. The molecule has 5 nitrogen and oxygen atoms in total. The number of thiophene rings is 1. The van der Waals surface area contributed by atoms with Crippen molar-refractivity contribution in [3.8, 4) is 11.3 Å². The largest absolute Gasteiger partial charge is 0.477 e. The van der Waals surface area contributed by atoms with Crippen molar-refractivity contribution < 1.29 is 14.3 Å². The normalized spacial score (nSPS) is 14.9. The van der Waals surface area contributed by atoms with Crippen molar-refractivity contribution in [1.29, 1.82) is 0 Å². The lowest BCUT2D eigenvalue weighted by atomic mass is 10.1. The molecule has 1 fully saturated rings. The van der Waals surface area contributed by atoms with E-state index in [0.29, 0.717) is 16.2 Å². The first kappa shape index (κ1) is 18.6. The summed E-state index contributed by atoms with van der Waals surface area (Å²) in [5.41, 5.74) is 2.84. The molecule has 28 heavy (non-hydrogen) atoms. The molecule has 1 saturated heterocycles. The molecule has 1 N–H and O–H groups in total. The number of aromatic nitrogens is 1. The van der Waals surface area contributed by atoms with Gasteiger partial charge in [-0.25, -0.2) is 19.2 Å². The van der Waals surface area contributed by atoms with E-state index >= 15 is 0 Å². The second kappa shape index (κ2) is 7.67. The molecular weight excluding hydrogens is 377 g/mol. The Hall–Kier alpha value is -2.80. The molecule has 0 amide bonds. The SMILES string of the molecule is Cc1cc(-c2ccc(F)cc2)nc2sc(C(=O)O)c(N=CN3CCCCC3)c12. The van der Waals surface area contributed by atoms with E-state index < -0.39 is 5.97 Å². The number of rotatable bonds is 4. The molecule has 144 valence electrons. The predicted octanol–water partition coefficient (Wildman–Crippen LogP) is 5.25. The van der Waals surface area contributed by atoms with E-state index in [1.54, 1.807) is 18.5 Å². The van der Waals surface area contributed by atoms with Gasteiger partial charge in [0.05, 0.1) is 17.7 Å². The summed E-state index contributed by atoms with van der Waals surface area (Å²) in [6.07, 6.45) is 5.25. The lowest BCUT2D eigenvalue weighted by Gasteiger charge is -2.23. The highest BCUT2D eigenvalue weighted by atomic mass is 32.1. The summed E-state index contributed by atoms with van der Waals surface area (Å²) >= 11 is 1.13. The fraction of sp³-hybridized carbons (Fsp3) is 0.286. The van der Waals surface area contributed by atoms with Crippen LogP contribution in [0.4, 0.5) is 10.1 Å². The van der Waals surface area contributed by atoms with Gasteiger partial charge in [0.2, 0.25) is 0 Å². The van der Waals surface area contributed by atoms with Crippen LogP contribution in [0.3, 0.4) is 0 Å².